The van der Waals surface area contributed by atoms with Gasteiger partial charge in [-0.1, -0.05) is 34.1 Å². The Kier molecular flexibility index (Phi) is 6.81. The molecule has 5 nitrogen and oxygen atoms in total. The molecule has 1 saturated heterocycles. The molecule has 0 bridgehead atoms. The van der Waals surface area contributed by atoms with Gasteiger partial charge in [-0.05, 0) is 54.6 Å². The fraction of sp³-hybridized carbons (Fsp3) is 0.125. The third-order valence-electron chi connectivity index (χ3n) is 5.04. The summed E-state index contributed by atoms with van der Waals surface area (Å²) in [7, 11) is 0. The van der Waals surface area contributed by atoms with Gasteiger partial charge >= 0.3 is 6.18 Å². The molecule has 0 aromatic heterocycles. The number of rotatable bonds is 5. The number of halogens is 4. The van der Waals surface area contributed by atoms with Crippen LogP contribution >= 0.6 is 27.7 Å². The summed E-state index contributed by atoms with van der Waals surface area (Å²) in [4.78, 5) is 39.9. The summed E-state index contributed by atoms with van der Waals surface area (Å²) in [6.07, 6.45) is -4.58. The van der Waals surface area contributed by atoms with Crippen LogP contribution in [0.4, 0.5) is 24.5 Å². The summed E-state index contributed by atoms with van der Waals surface area (Å²) in [6.45, 7) is 0. The minimum atomic E-state index is -4.54. The number of nitrogens with one attached hydrogen (secondary N) is 1. The van der Waals surface area contributed by atoms with Crippen LogP contribution in [0.2, 0.25) is 0 Å². The number of nitrogens with zero attached hydrogens (tertiary/aromatic N) is 1. The van der Waals surface area contributed by atoms with Crippen LogP contribution in [0.5, 0.6) is 0 Å². The number of carbonyl (C=O) groups is 3. The zero-order valence-corrected chi connectivity index (χ0v) is 19.7. The summed E-state index contributed by atoms with van der Waals surface area (Å²) in [5, 5.41) is 1.74. The smallest absolute Gasteiger partial charge is 0.322 e. The molecule has 0 radical (unpaired) electrons. The highest BCUT2D eigenvalue weighted by atomic mass is 79.9. The van der Waals surface area contributed by atoms with Crippen LogP contribution in [0.3, 0.4) is 0 Å². The molecular weight excluding hydrogens is 533 g/mol. The molecule has 1 N–H and O–H groups in total. The van der Waals surface area contributed by atoms with Gasteiger partial charge in [-0.3, -0.25) is 14.4 Å². The molecule has 1 aliphatic rings. The fourth-order valence-corrected chi connectivity index (χ4v) is 4.89. The lowest BCUT2D eigenvalue weighted by Crippen LogP contribution is -2.31. The first kappa shape index (κ1) is 24.0. The van der Waals surface area contributed by atoms with Crippen LogP contribution in [-0.2, 0) is 15.8 Å². The number of thioether (sulfide) groups is 1. The summed E-state index contributed by atoms with van der Waals surface area (Å²) in [5.41, 5.74) is -0.242. The van der Waals surface area contributed by atoms with Gasteiger partial charge in [-0.2, -0.15) is 13.2 Å². The maximum absolute atomic E-state index is 13.0. The van der Waals surface area contributed by atoms with Crippen LogP contribution in [0.25, 0.3) is 0 Å². The molecule has 4 rings (SSSR count). The lowest BCUT2D eigenvalue weighted by Gasteiger charge is -2.16. The van der Waals surface area contributed by atoms with Crippen molar-refractivity contribution in [2.75, 3.05) is 10.2 Å². The van der Waals surface area contributed by atoms with Crippen LogP contribution in [0.15, 0.2) is 82.2 Å². The molecule has 1 atom stereocenters. The van der Waals surface area contributed by atoms with E-state index in [4.69, 9.17) is 0 Å². The van der Waals surface area contributed by atoms with E-state index in [9.17, 15) is 27.6 Å². The Labute approximate surface area is 205 Å². The van der Waals surface area contributed by atoms with E-state index in [-0.39, 0.29) is 23.6 Å². The zero-order valence-electron chi connectivity index (χ0n) is 17.3. The van der Waals surface area contributed by atoms with Crippen molar-refractivity contribution in [2.45, 2.75) is 22.7 Å². The molecule has 1 unspecified atom stereocenters. The van der Waals surface area contributed by atoms with Crippen LogP contribution in [0.1, 0.15) is 22.3 Å². The number of imide groups is 1. The summed E-state index contributed by atoms with van der Waals surface area (Å²) < 4.78 is 39.7. The SMILES string of the molecule is O=C(Nc1cccc(C(F)(F)F)c1)c1ccccc1SC1CC(=O)N(c2ccc(Br)cc2)C1=O. The van der Waals surface area contributed by atoms with Gasteiger partial charge in [0.05, 0.1) is 22.1 Å². The van der Waals surface area contributed by atoms with Gasteiger partial charge in [-0.25, -0.2) is 4.90 Å². The molecule has 34 heavy (non-hydrogen) atoms. The normalized spacial score (nSPS) is 16.1. The second-order valence-corrected chi connectivity index (χ2v) is 9.54. The summed E-state index contributed by atoms with van der Waals surface area (Å²) in [5.74, 6) is -1.37. The molecule has 3 amide bonds. The van der Waals surface area contributed by atoms with E-state index in [2.05, 4.69) is 21.2 Å². The van der Waals surface area contributed by atoms with Gasteiger partial charge in [0.25, 0.3) is 5.91 Å². The van der Waals surface area contributed by atoms with E-state index in [1.54, 1.807) is 42.5 Å². The monoisotopic (exact) mass is 548 g/mol. The highest BCUT2D eigenvalue weighted by Gasteiger charge is 2.40. The van der Waals surface area contributed by atoms with Crippen LogP contribution in [-0.4, -0.2) is 23.0 Å². The van der Waals surface area contributed by atoms with E-state index in [1.807, 2.05) is 0 Å². The minimum absolute atomic E-state index is 0.00633. The highest BCUT2D eigenvalue weighted by Crippen LogP contribution is 2.36. The number of amides is 3. The van der Waals surface area contributed by atoms with Crippen molar-refractivity contribution < 1.29 is 27.6 Å². The first-order valence-corrected chi connectivity index (χ1v) is 11.7. The Balaban J connectivity index is 1.53. The number of hydrogen-bond donors (Lipinski definition) is 1. The van der Waals surface area contributed by atoms with E-state index in [0.29, 0.717) is 10.6 Å². The van der Waals surface area contributed by atoms with Gasteiger partial charge in [0.2, 0.25) is 11.8 Å². The zero-order chi connectivity index (χ0) is 24.5. The van der Waals surface area contributed by atoms with Gasteiger partial charge in [-0.15, -0.1) is 11.8 Å². The third kappa shape index (κ3) is 5.18. The Morgan fingerprint density at radius 2 is 1.71 bits per heavy atom. The van der Waals surface area contributed by atoms with E-state index in [1.165, 1.54) is 18.2 Å². The second-order valence-electron chi connectivity index (χ2n) is 7.38. The van der Waals surface area contributed by atoms with Crippen molar-refractivity contribution >= 4 is 56.8 Å². The predicted octanol–water partition coefficient (Wildman–Crippen LogP) is 6.14. The number of alkyl halides is 3. The average molecular weight is 549 g/mol. The molecule has 0 spiro atoms. The maximum Gasteiger partial charge on any atom is 0.416 e. The Bertz CT molecular complexity index is 1260. The first-order chi connectivity index (χ1) is 16.1. The van der Waals surface area contributed by atoms with Gasteiger partial charge in [0.15, 0.2) is 0 Å². The molecule has 3 aromatic rings. The molecule has 1 heterocycles. The molecule has 0 saturated carbocycles. The van der Waals surface area contributed by atoms with Crippen molar-refractivity contribution in [1.82, 2.24) is 0 Å². The van der Waals surface area contributed by atoms with Crippen molar-refractivity contribution in [3.63, 3.8) is 0 Å². The van der Waals surface area contributed by atoms with E-state index < -0.39 is 28.8 Å². The van der Waals surface area contributed by atoms with Crippen molar-refractivity contribution in [1.29, 1.82) is 0 Å². The standard InChI is InChI=1S/C24H16BrF3N2O3S/c25-15-8-10-17(11-9-15)30-21(31)13-20(23(30)33)34-19-7-2-1-6-18(19)22(32)29-16-5-3-4-14(12-16)24(26,27)28/h1-12,20H,13H2,(H,29,32). The molecule has 1 aliphatic heterocycles. The quantitative estimate of drug-likeness (QED) is 0.388. The van der Waals surface area contributed by atoms with Gasteiger partial charge in [0.1, 0.15) is 0 Å². The molecule has 3 aromatic carbocycles. The molecular formula is C24H16BrF3N2O3S. The Morgan fingerprint density at radius 1 is 1.00 bits per heavy atom. The van der Waals surface area contributed by atoms with E-state index >= 15 is 0 Å². The maximum atomic E-state index is 13.0. The number of anilines is 2. The lowest BCUT2D eigenvalue weighted by atomic mass is 10.1. The molecule has 0 aliphatic carbocycles. The average Bonchev–Trinajstić information content (AvgIpc) is 3.07. The molecule has 1 fully saturated rings. The Morgan fingerprint density at radius 3 is 2.41 bits per heavy atom. The van der Waals surface area contributed by atoms with Crippen LogP contribution in [0, 0.1) is 0 Å². The topological polar surface area (TPSA) is 66.5 Å². The third-order valence-corrected chi connectivity index (χ3v) is 6.83. The fourth-order valence-electron chi connectivity index (χ4n) is 3.44. The molecule has 174 valence electrons. The largest absolute Gasteiger partial charge is 0.416 e. The lowest BCUT2D eigenvalue weighted by molar-refractivity contribution is -0.137. The van der Waals surface area contributed by atoms with Crippen molar-refractivity contribution in [3.8, 4) is 0 Å². The first-order valence-electron chi connectivity index (χ1n) is 10.00. The second kappa shape index (κ2) is 9.63. The number of benzene rings is 3. The summed E-state index contributed by atoms with van der Waals surface area (Å²) >= 11 is 4.39. The summed E-state index contributed by atoms with van der Waals surface area (Å²) in [6, 6.07) is 17.5. The van der Waals surface area contributed by atoms with E-state index in [0.717, 1.165) is 33.3 Å². The predicted molar refractivity (Wildman–Crippen MR) is 127 cm³/mol. The van der Waals surface area contributed by atoms with Gasteiger partial charge < -0.3 is 5.32 Å². The number of hydrogen-bond acceptors (Lipinski definition) is 4. The van der Waals surface area contributed by atoms with Gasteiger partial charge in [0, 0.05) is 21.5 Å². The minimum Gasteiger partial charge on any atom is -0.322 e. The number of carbonyl (C=O) groups excluding carboxylic acids is 3. The van der Waals surface area contributed by atoms with Crippen LogP contribution < -0.4 is 10.2 Å². The highest BCUT2D eigenvalue weighted by molar-refractivity contribution is 9.10. The van der Waals surface area contributed by atoms with Crippen molar-refractivity contribution in [2.24, 2.45) is 0 Å². The molecule has 10 heteroatoms. The van der Waals surface area contributed by atoms with Crippen molar-refractivity contribution in [3.05, 3.63) is 88.4 Å². The Hall–Kier alpha value is -3.11.